The Morgan fingerprint density at radius 3 is 2.95 bits per heavy atom. The number of rotatable bonds is 5. The first-order valence-electron chi connectivity index (χ1n) is 6.43. The van der Waals surface area contributed by atoms with Gasteiger partial charge in [0.05, 0.1) is 23.2 Å². The van der Waals surface area contributed by atoms with Gasteiger partial charge in [-0.25, -0.2) is 4.98 Å². The molecule has 0 aliphatic heterocycles. The van der Waals surface area contributed by atoms with Gasteiger partial charge in [0.25, 0.3) is 0 Å². The van der Waals surface area contributed by atoms with Crippen molar-refractivity contribution < 1.29 is 0 Å². The van der Waals surface area contributed by atoms with Crippen molar-refractivity contribution in [3.63, 3.8) is 0 Å². The van der Waals surface area contributed by atoms with Gasteiger partial charge in [-0.05, 0) is 31.0 Å². The van der Waals surface area contributed by atoms with Crippen LogP contribution in [0.1, 0.15) is 12.8 Å². The van der Waals surface area contributed by atoms with Crippen LogP contribution in [0.5, 0.6) is 0 Å². The van der Waals surface area contributed by atoms with E-state index in [1.54, 1.807) is 6.07 Å². The van der Waals surface area contributed by atoms with Gasteiger partial charge in [-0.2, -0.15) is 0 Å². The van der Waals surface area contributed by atoms with Crippen LogP contribution in [0, 0.1) is 0 Å². The fourth-order valence-electron chi connectivity index (χ4n) is 2.09. The van der Waals surface area contributed by atoms with Gasteiger partial charge in [-0.3, -0.25) is 0 Å². The highest BCUT2D eigenvalue weighted by atomic mass is 35.5. The van der Waals surface area contributed by atoms with Crippen molar-refractivity contribution in [1.82, 2.24) is 14.9 Å². The molecule has 5 heteroatoms. The van der Waals surface area contributed by atoms with Gasteiger partial charge in [0.1, 0.15) is 0 Å². The predicted octanol–water partition coefficient (Wildman–Crippen LogP) is 3.61. The van der Waals surface area contributed by atoms with E-state index in [1.165, 1.54) is 12.8 Å². The minimum Gasteiger partial charge on any atom is -0.329 e. The summed E-state index contributed by atoms with van der Waals surface area (Å²) in [6.07, 6.45) is 6.27. The topological polar surface area (TPSA) is 29.9 Å². The lowest BCUT2D eigenvalue weighted by atomic mass is 10.1. The lowest BCUT2D eigenvalue weighted by Gasteiger charge is -2.10. The molecule has 0 unspecified atom stereocenters. The lowest BCUT2D eigenvalue weighted by Crippen LogP contribution is -2.21. The van der Waals surface area contributed by atoms with Crippen LogP contribution in [-0.4, -0.2) is 22.1 Å². The Labute approximate surface area is 122 Å². The first kappa shape index (κ1) is 13.0. The Hall–Kier alpha value is -1.03. The number of hydrogen-bond acceptors (Lipinski definition) is 2. The third-order valence-electron chi connectivity index (χ3n) is 3.28. The molecule has 1 aromatic carbocycles. The zero-order valence-corrected chi connectivity index (χ0v) is 12.0. The molecule has 0 saturated heterocycles. The zero-order valence-electron chi connectivity index (χ0n) is 10.4. The summed E-state index contributed by atoms with van der Waals surface area (Å²) in [5, 5.41) is 4.87. The fraction of sp³-hybridized carbons (Fsp3) is 0.357. The molecule has 100 valence electrons. The predicted molar refractivity (Wildman–Crippen MR) is 78.7 cm³/mol. The van der Waals surface area contributed by atoms with E-state index in [9.17, 15) is 0 Å². The van der Waals surface area contributed by atoms with Crippen molar-refractivity contribution in [2.24, 2.45) is 0 Å². The SMILES string of the molecule is Clc1ccc(Cl)c(-c2cncn2CCNC2CC2)c1. The minimum atomic E-state index is 0.684. The maximum absolute atomic E-state index is 6.24. The average molecular weight is 296 g/mol. The summed E-state index contributed by atoms with van der Waals surface area (Å²) in [5.74, 6) is 0. The molecule has 3 nitrogen and oxygen atoms in total. The molecule has 1 heterocycles. The first-order chi connectivity index (χ1) is 9.24. The average Bonchev–Trinajstić information content (AvgIpc) is 3.10. The van der Waals surface area contributed by atoms with E-state index < -0.39 is 0 Å². The van der Waals surface area contributed by atoms with E-state index in [2.05, 4.69) is 14.9 Å². The number of nitrogens with one attached hydrogen (secondary N) is 1. The first-order valence-corrected chi connectivity index (χ1v) is 7.18. The number of imidazole rings is 1. The van der Waals surface area contributed by atoms with E-state index in [0.717, 1.165) is 30.4 Å². The van der Waals surface area contributed by atoms with E-state index >= 15 is 0 Å². The quantitative estimate of drug-likeness (QED) is 0.913. The van der Waals surface area contributed by atoms with Crippen LogP contribution in [0.25, 0.3) is 11.3 Å². The Bertz CT molecular complexity index is 576. The van der Waals surface area contributed by atoms with E-state index in [0.29, 0.717) is 10.0 Å². The van der Waals surface area contributed by atoms with E-state index in [4.69, 9.17) is 23.2 Å². The summed E-state index contributed by atoms with van der Waals surface area (Å²) in [7, 11) is 0. The van der Waals surface area contributed by atoms with Crippen LogP contribution in [0.3, 0.4) is 0 Å². The molecular formula is C14H15Cl2N3. The van der Waals surface area contributed by atoms with E-state index in [1.807, 2.05) is 24.7 Å². The largest absolute Gasteiger partial charge is 0.329 e. The van der Waals surface area contributed by atoms with Crippen LogP contribution < -0.4 is 5.32 Å². The summed E-state index contributed by atoms with van der Waals surface area (Å²) < 4.78 is 2.10. The molecule has 3 rings (SSSR count). The highest BCUT2D eigenvalue weighted by Gasteiger charge is 2.19. The van der Waals surface area contributed by atoms with Crippen molar-refractivity contribution in [3.05, 3.63) is 40.8 Å². The Morgan fingerprint density at radius 1 is 1.32 bits per heavy atom. The summed E-state index contributed by atoms with van der Waals surface area (Å²) in [6, 6.07) is 6.22. The van der Waals surface area contributed by atoms with Gasteiger partial charge >= 0.3 is 0 Å². The van der Waals surface area contributed by atoms with Gasteiger partial charge in [0.15, 0.2) is 0 Å². The number of nitrogens with zero attached hydrogens (tertiary/aromatic N) is 2. The van der Waals surface area contributed by atoms with Crippen molar-refractivity contribution in [1.29, 1.82) is 0 Å². The Morgan fingerprint density at radius 2 is 2.16 bits per heavy atom. The molecule has 1 fully saturated rings. The molecule has 1 saturated carbocycles. The summed E-state index contributed by atoms with van der Waals surface area (Å²) in [6.45, 7) is 1.83. The van der Waals surface area contributed by atoms with Crippen LogP contribution >= 0.6 is 23.2 Å². The third-order valence-corrected chi connectivity index (χ3v) is 3.84. The van der Waals surface area contributed by atoms with Crippen molar-refractivity contribution >= 4 is 23.2 Å². The second-order valence-corrected chi connectivity index (χ2v) is 5.67. The number of hydrogen-bond donors (Lipinski definition) is 1. The van der Waals surface area contributed by atoms with Gasteiger partial charge < -0.3 is 9.88 Å². The molecule has 0 spiro atoms. The number of halogens is 2. The van der Waals surface area contributed by atoms with Gasteiger partial charge in [0.2, 0.25) is 0 Å². The van der Waals surface area contributed by atoms with Crippen LogP contribution in [0.2, 0.25) is 10.0 Å². The molecule has 1 N–H and O–H groups in total. The smallest absolute Gasteiger partial charge is 0.0951 e. The maximum atomic E-state index is 6.24. The van der Waals surface area contributed by atoms with Crippen molar-refractivity contribution in [2.45, 2.75) is 25.4 Å². The van der Waals surface area contributed by atoms with Gasteiger partial charge in [0, 0.05) is 29.7 Å². The Balaban J connectivity index is 1.79. The zero-order chi connectivity index (χ0) is 13.2. The molecule has 2 aromatic rings. The Kier molecular flexibility index (Phi) is 3.78. The van der Waals surface area contributed by atoms with Crippen molar-refractivity contribution in [2.75, 3.05) is 6.54 Å². The molecule has 0 radical (unpaired) electrons. The van der Waals surface area contributed by atoms with Crippen LogP contribution in [-0.2, 0) is 6.54 Å². The highest BCUT2D eigenvalue weighted by molar-refractivity contribution is 6.35. The highest BCUT2D eigenvalue weighted by Crippen LogP contribution is 2.30. The minimum absolute atomic E-state index is 0.684. The molecule has 1 aliphatic rings. The summed E-state index contributed by atoms with van der Waals surface area (Å²) in [5.41, 5.74) is 1.93. The molecule has 0 bridgehead atoms. The number of aromatic nitrogens is 2. The van der Waals surface area contributed by atoms with Crippen molar-refractivity contribution in [3.8, 4) is 11.3 Å². The summed E-state index contributed by atoms with van der Waals surface area (Å²) >= 11 is 12.3. The molecule has 0 amide bonds. The summed E-state index contributed by atoms with van der Waals surface area (Å²) in [4.78, 5) is 4.22. The van der Waals surface area contributed by atoms with E-state index in [-0.39, 0.29) is 0 Å². The lowest BCUT2D eigenvalue weighted by molar-refractivity contribution is 0.598. The maximum Gasteiger partial charge on any atom is 0.0951 e. The molecule has 1 aliphatic carbocycles. The van der Waals surface area contributed by atoms with Gasteiger partial charge in [-0.1, -0.05) is 23.2 Å². The third kappa shape index (κ3) is 3.11. The second-order valence-electron chi connectivity index (χ2n) is 4.82. The monoisotopic (exact) mass is 295 g/mol. The molecule has 19 heavy (non-hydrogen) atoms. The fourth-order valence-corrected chi connectivity index (χ4v) is 2.48. The second kappa shape index (κ2) is 5.53. The molecule has 1 aromatic heterocycles. The molecule has 0 atom stereocenters. The number of benzene rings is 1. The standard InChI is InChI=1S/C14H15Cl2N3/c15-10-1-4-13(16)12(7-10)14-8-17-9-19(14)6-5-18-11-2-3-11/h1,4,7-9,11,18H,2-3,5-6H2. The van der Waals surface area contributed by atoms with Gasteiger partial charge in [-0.15, -0.1) is 0 Å². The van der Waals surface area contributed by atoms with Crippen LogP contribution in [0.4, 0.5) is 0 Å². The van der Waals surface area contributed by atoms with Crippen LogP contribution in [0.15, 0.2) is 30.7 Å². The molecular weight excluding hydrogens is 281 g/mol. The normalized spacial score (nSPS) is 14.8.